The van der Waals surface area contributed by atoms with Crippen molar-refractivity contribution in [3.8, 4) is 0 Å². The monoisotopic (exact) mass is 379 g/mol. The predicted molar refractivity (Wildman–Crippen MR) is 112 cm³/mol. The van der Waals surface area contributed by atoms with E-state index in [0.29, 0.717) is 17.9 Å². The molecule has 0 aliphatic carbocycles. The summed E-state index contributed by atoms with van der Waals surface area (Å²) in [6.45, 7) is 10.5. The van der Waals surface area contributed by atoms with Gasteiger partial charge >= 0.3 is 0 Å². The number of hydrogen-bond donors (Lipinski definition) is 3. The first-order chi connectivity index (χ1) is 13.0. The third kappa shape index (κ3) is 3.23. The van der Waals surface area contributed by atoms with Gasteiger partial charge in [-0.2, -0.15) is 0 Å². The standard InChI is InChI=1S/C22H26FN5/c1-21(2,3)13-8-14(23)19-17(10-13)25-18(28-19)11-22(4,5)12-6-7-15-16(9-12)27-20(24)26-15/h6-10H,11H2,1-5H3,(H,25,28)(H3,24,26,27). The van der Waals surface area contributed by atoms with Gasteiger partial charge in [0.05, 0.1) is 16.6 Å². The van der Waals surface area contributed by atoms with Gasteiger partial charge in [0.1, 0.15) is 11.3 Å². The number of nitrogens with two attached hydrogens (primary N) is 1. The number of fused-ring (bicyclic) bond motifs is 2. The van der Waals surface area contributed by atoms with E-state index in [-0.39, 0.29) is 16.6 Å². The van der Waals surface area contributed by atoms with E-state index in [9.17, 15) is 4.39 Å². The van der Waals surface area contributed by atoms with Gasteiger partial charge in [0.2, 0.25) is 0 Å². The van der Waals surface area contributed by atoms with Gasteiger partial charge < -0.3 is 15.7 Å². The van der Waals surface area contributed by atoms with E-state index in [0.717, 1.165) is 33.5 Å². The number of halogens is 1. The van der Waals surface area contributed by atoms with E-state index in [1.54, 1.807) is 6.07 Å². The lowest BCUT2D eigenvalue weighted by molar-refractivity contribution is 0.510. The van der Waals surface area contributed by atoms with E-state index in [1.165, 1.54) is 0 Å². The maximum absolute atomic E-state index is 14.6. The molecule has 0 aliphatic heterocycles. The molecule has 0 spiro atoms. The second-order valence-electron chi connectivity index (χ2n) is 9.20. The number of anilines is 1. The molecule has 4 N–H and O–H groups in total. The van der Waals surface area contributed by atoms with Crippen LogP contribution in [0.5, 0.6) is 0 Å². The van der Waals surface area contributed by atoms with Crippen LogP contribution in [0.2, 0.25) is 0 Å². The van der Waals surface area contributed by atoms with Gasteiger partial charge in [0, 0.05) is 6.42 Å². The van der Waals surface area contributed by atoms with Gasteiger partial charge in [-0.05, 0) is 46.2 Å². The number of aromatic nitrogens is 4. The molecule has 28 heavy (non-hydrogen) atoms. The van der Waals surface area contributed by atoms with Crippen molar-refractivity contribution < 1.29 is 4.39 Å². The van der Waals surface area contributed by atoms with Crippen molar-refractivity contribution in [1.29, 1.82) is 0 Å². The van der Waals surface area contributed by atoms with Crippen LogP contribution in [-0.2, 0) is 17.3 Å². The Labute approximate surface area is 163 Å². The topological polar surface area (TPSA) is 83.4 Å². The fourth-order valence-electron chi connectivity index (χ4n) is 3.61. The number of nitrogens with one attached hydrogen (secondary N) is 2. The molecule has 0 bridgehead atoms. The number of H-pyrrole nitrogens is 2. The Balaban J connectivity index is 1.70. The molecule has 4 aromatic rings. The first-order valence-electron chi connectivity index (χ1n) is 9.47. The molecule has 0 saturated carbocycles. The summed E-state index contributed by atoms with van der Waals surface area (Å²) in [4.78, 5) is 15.2. The molecule has 5 nitrogen and oxygen atoms in total. The lowest BCUT2D eigenvalue weighted by Gasteiger charge is -2.24. The van der Waals surface area contributed by atoms with Crippen LogP contribution in [-0.4, -0.2) is 19.9 Å². The number of imidazole rings is 2. The summed E-state index contributed by atoms with van der Waals surface area (Å²) in [6.07, 6.45) is 0.654. The lowest BCUT2D eigenvalue weighted by Crippen LogP contribution is -2.21. The quantitative estimate of drug-likeness (QED) is 0.469. The molecule has 6 heteroatoms. The summed E-state index contributed by atoms with van der Waals surface area (Å²) >= 11 is 0. The maximum Gasteiger partial charge on any atom is 0.198 e. The molecular formula is C22H26FN5. The summed E-state index contributed by atoms with van der Waals surface area (Å²) in [5.41, 5.74) is 10.4. The number of nitrogens with zero attached hydrogens (tertiary/aromatic N) is 2. The fraction of sp³-hybridized carbons (Fsp3) is 0.364. The second-order valence-corrected chi connectivity index (χ2v) is 9.20. The average Bonchev–Trinajstić information content (AvgIpc) is 3.14. The second kappa shape index (κ2) is 6.06. The van der Waals surface area contributed by atoms with Crippen LogP contribution in [0.15, 0.2) is 30.3 Å². The average molecular weight is 379 g/mol. The molecule has 4 rings (SSSR count). The molecule has 0 saturated heterocycles. The highest BCUT2D eigenvalue weighted by Gasteiger charge is 2.25. The Bertz CT molecular complexity index is 1180. The Hall–Kier alpha value is -2.89. The minimum Gasteiger partial charge on any atom is -0.369 e. The number of rotatable bonds is 3. The predicted octanol–water partition coefficient (Wildman–Crippen LogP) is 4.98. The Kier molecular flexibility index (Phi) is 4.00. The highest BCUT2D eigenvalue weighted by molar-refractivity contribution is 5.78. The van der Waals surface area contributed by atoms with Gasteiger partial charge in [-0.1, -0.05) is 40.7 Å². The lowest BCUT2D eigenvalue weighted by atomic mass is 9.81. The molecule has 0 unspecified atom stereocenters. The molecular weight excluding hydrogens is 353 g/mol. The van der Waals surface area contributed by atoms with Crippen molar-refractivity contribution in [1.82, 2.24) is 19.9 Å². The largest absolute Gasteiger partial charge is 0.369 e. The van der Waals surface area contributed by atoms with Crippen LogP contribution < -0.4 is 5.73 Å². The van der Waals surface area contributed by atoms with Crippen LogP contribution in [0, 0.1) is 5.82 Å². The molecule has 146 valence electrons. The molecule has 0 radical (unpaired) electrons. The first kappa shape index (κ1) is 18.5. The van der Waals surface area contributed by atoms with Gasteiger partial charge in [0.25, 0.3) is 0 Å². The first-order valence-corrected chi connectivity index (χ1v) is 9.47. The number of nitrogen functional groups attached to an aromatic ring is 1. The molecule has 2 aromatic carbocycles. The SMILES string of the molecule is CC(C)(C)c1cc(F)c2nc(CC(C)(C)c3ccc4nc(N)[nH]c4c3)[nH]c2c1. The molecule has 0 aliphatic rings. The zero-order chi connectivity index (χ0) is 20.3. The van der Waals surface area contributed by atoms with Crippen LogP contribution in [0.4, 0.5) is 10.3 Å². The van der Waals surface area contributed by atoms with Crippen molar-refractivity contribution in [2.24, 2.45) is 0 Å². The Morgan fingerprint density at radius 1 is 0.929 bits per heavy atom. The van der Waals surface area contributed by atoms with E-state index in [2.05, 4.69) is 66.7 Å². The van der Waals surface area contributed by atoms with Crippen LogP contribution in [0.25, 0.3) is 22.1 Å². The van der Waals surface area contributed by atoms with Crippen LogP contribution in [0.3, 0.4) is 0 Å². The minimum atomic E-state index is -0.280. The Morgan fingerprint density at radius 2 is 1.64 bits per heavy atom. The van der Waals surface area contributed by atoms with Crippen LogP contribution >= 0.6 is 0 Å². The molecule has 2 aromatic heterocycles. The molecule has 2 heterocycles. The zero-order valence-electron chi connectivity index (χ0n) is 16.9. The highest BCUT2D eigenvalue weighted by Crippen LogP contribution is 2.31. The number of hydrogen-bond acceptors (Lipinski definition) is 3. The summed E-state index contributed by atoms with van der Waals surface area (Å²) in [6, 6.07) is 9.69. The van der Waals surface area contributed by atoms with Crippen molar-refractivity contribution in [3.05, 3.63) is 53.1 Å². The van der Waals surface area contributed by atoms with E-state index < -0.39 is 0 Å². The number of benzene rings is 2. The van der Waals surface area contributed by atoms with Crippen molar-refractivity contribution >= 4 is 28.0 Å². The van der Waals surface area contributed by atoms with Gasteiger partial charge in [-0.3, -0.25) is 0 Å². The maximum atomic E-state index is 14.6. The highest BCUT2D eigenvalue weighted by atomic mass is 19.1. The van der Waals surface area contributed by atoms with Crippen molar-refractivity contribution in [2.75, 3.05) is 5.73 Å². The Morgan fingerprint density at radius 3 is 2.36 bits per heavy atom. The molecule has 0 amide bonds. The van der Waals surface area contributed by atoms with E-state index in [1.807, 2.05) is 12.1 Å². The minimum absolute atomic E-state index is 0.124. The fourth-order valence-corrected chi connectivity index (χ4v) is 3.61. The summed E-state index contributed by atoms with van der Waals surface area (Å²) in [7, 11) is 0. The smallest absolute Gasteiger partial charge is 0.198 e. The summed E-state index contributed by atoms with van der Waals surface area (Å²) in [5, 5.41) is 0. The van der Waals surface area contributed by atoms with Crippen molar-refractivity contribution in [3.63, 3.8) is 0 Å². The van der Waals surface area contributed by atoms with Gasteiger partial charge in [0.15, 0.2) is 11.8 Å². The zero-order valence-corrected chi connectivity index (χ0v) is 16.9. The van der Waals surface area contributed by atoms with E-state index in [4.69, 9.17) is 5.73 Å². The molecule has 0 fully saturated rings. The van der Waals surface area contributed by atoms with E-state index >= 15 is 0 Å². The molecule has 0 atom stereocenters. The van der Waals surface area contributed by atoms with Crippen LogP contribution in [0.1, 0.15) is 51.6 Å². The third-order valence-electron chi connectivity index (χ3n) is 5.35. The third-order valence-corrected chi connectivity index (χ3v) is 5.35. The van der Waals surface area contributed by atoms with Gasteiger partial charge in [-0.15, -0.1) is 0 Å². The normalized spacial score (nSPS) is 12.9. The number of aromatic amines is 2. The summed E-state index contributed by atoms with van der Waals surface area (Å²) < 4.78 is 14.6. The van der Waals surface area contributed by atoms with Gasteiger partial charge in [-0.25, -0.2) is 14.4 Å². The summed E-state index contributed by atoms with van der Waals surface area (Å²) in [5.74, 6) is 0.902. The van der Waals surface area contributed by atoms with Crippen molar-refractivity contribution in [2.45, 2.75) is 51.9 Å².